The van der Waals surface area contributed by atoms with E-state index in [0.717, 1.165) is 11.8 Å². The molecule has 1 fully saturated rings. The summed E-state index contributed by atoms with van der Waals surface area (Å²) < 4.78 is 98.5. The van der Waals surface area contributed by atoms with Crippen LogP contribution in [0.2, 0.25) is 0 Å². The third kappa shape index (κ3) is 8.55. The average molecular weight is 604 g/mol. The zero-order valence-electron chi connectivity index (χ0n) is 22.1. The number of alkyl halides is 7. The van der Waals surface area contributed by atoms with Crippen molar-refractivity contribution in [2.45, 2.75) is 69.2 Å². The number of nitrogens with one attached hydrogen (secondary N) is 2. The van der Waals surface area contributed by atoms with E-state index in [-0.39, 0.29) is 36.4 Å². The maximum Gasteiger partial charge on any atom is 0.408 e. The number of aromatic nitrogens is 3. The first-order valence-electron chi connectivity index (χ1n) is 13.1. The van der Waals surface area contributed by atoms with Crippen molar-refractivity contribution in [3.05, 3.63) is 65.6 Å². The van der Waals surface area contributed by atoms with E-state index < -0.39 is 74.2 Å². The van der Waals surface area contributed by atoms with Crippen molar-refractivity contribution < 1.29 is 45.1 Å². The molecule has 2 N–H and O–H groups in total. The molecule has 2 heterocycles. The Bertz CT molecular complexity index is 1360. The van der Waals surface area contributed by atoms with E-state index >= 15 is 0 Å². The highest BCUT2D eigenvalue weighted by Crippen LogP contribution is 2.41. The minimum absolute atomic E-state index is 0.0415. The van der Waals surface area contributed by atoms with E-state index in [1.807, 2.05) is 0 Å². The van der Waals surface area contributed by atoms with E-state index in [0.29, 0.717) is 0 Å². The molecule has 15 heteroatoms. The number of nitrogens with zero attached hydrogens (tertiary/aromatic N) is 3. The van der Waals surface area contributed by atoms with Crippen LogP contribution in [-0.4, -0.2) is 51.7 Å². The molecule has 228 valence electrons. The lowest BCUT2D eigenvalue weighted by atomic mass is 9.81. The Balaban J connectivity index is 1.58. The van der Waals surface area contributed by atoms with Crippen LogP contribution in [0.5, 0.6) is 0 Å². The van der Waals surface area contributed by atoms with Gasteiger partial charge in [0.2, 0.25) is 18.3 Å². The fourth-order valence-corrected chi connectivity index (χ4v) is 4.85. The molecule has 2 unspecified atom stereocenters. The molecule has 2 amide bonds. The summed E-state index contributed by atoms with van der Waals surface area (Å²) in [6, 6.07) is 9.20. The Hall–Kier alpha value is -3.91. The van der Waals surface area contributed by atoms with Crippen LogP contribution in [-0.2, 0) is 16.1 Å². The summed E-state index contributed by atoms with van der Waals surface area (Å²) in [6.07, 6.45) is -7.78. The average Bonchev–Trinajstić information content (AvgIpc) is 3.36. The summed E-state index contributed by atoms with van der Waals surface area (Å²) in [7, 11) is 0. The highest BCUT2D eigenvalue weighted by Gasteiger charge is 2.39. The van der Waals surface area contributed by atoms with Gasteiger partial charge in [-0.1, -0.05) is 30.3 Å². The monoisotopic (exact) mass is 603 g/mol. The number of alkyl carbamates (subject to hydrolysis) is 1. The SMILES string of the molecule is O=C(NC(c1cn2ncc(C(CC(F)F)C(=O)NCC(F)(F)F)cc2n1)C1CCC(F)(F)CC1)OCc1ccccc1. The van der Waals surface area contributed by atoms with E-state index in [1.54, 1.807) is 35.6 Å². The Morgan fingerprint density at radius 3 is 2.45 bits per heavy atom. The van der Waals surface area contributed by atoms with Gasteiger partial charge in [0, 0.05) is 19.3 Å². The quantitative estimate of drug-likeness (QED) is 0.280. The molecule has 0 saturated heterocycles. The van der Waals surface area contributed by atoms with Crippen LogP contribution in [0.4, 0.5) is 35.5 Å². The first-order valence-corrected chi connectivity index (χ1v) is 13.1. The third-order valence-electron chi connectivity index (χ3n) is 6.99. The Morgan fingerprint density at radius 2 is 1.81 bits per heavy atom. The fraction of sp³-hybridized carbons (Fsp3) is 0.481. The molecular formula is C27H28F7N5O3. The standard InChI is InChI=1S/C27H28F7N5O3/c28-21(29)11-19(24(40)35-15-27(32,33)34)18-10-22-37-20(13-39(22)36-12-18)23(17-6-8-26(30,31)9-7-17)38-25(41)42-14-16-4-2-1-3-5-16/h1-5,10,12-13,17,19,21,23H,6-9,11,14-15H2,(H,35,40)(H,38,41). The molecule has 4 rings (SSSR count). The number of fused-ring (bicyclic) bond motifs is 1. The maximum absolute atomic E-state index is 13.9. The first kappa shape index (κ1) is 31.0. The molecule has 0 radical (unpaired) electrons. The highest BCUT2D eigenvalue weighted by molar-refractivity contribution is 5.83. The van der Waals surface area contributed by atoms with Gasteiger partial charge in [-0.3, -0.25) is 4.79 Å². The summed E-state index contributed by atoms with van der Waals surface area (Å²) >= 11 is 0. The molecule has 1 aromatic carbocycles. The smallest absolute Gasteiger partial charge is 0.408 e. The lowest BCUT2D eigenvalue weighted by Crippen LogP contribution is -2.37. The van der Waals surface area contributed by atoms with Gasteiger partial charge in [0.25, 0.3) is 0 Å². The molecule has 1 aliphatic carbocycles. The minimum atomic E-state index is -4.74. The van der Waals surface area contributed by atoms with Gasteiger partial charge in [-0.25, -0.2) is 31.9 Å². The second kappa shape index (κ2) is 12.9. The largest absolute Gasteiger partial charge is 0.445 e. The van der Waals surface area contributed by atoms with Crippen molar-refractivity contribution >= 4 is 17.6 Å². The lowest BCUT2D eigenvalue weighted by molar-refractivity contribution is -0.139. The van der Waals surface area contributed by atoms with Crippen LogP contribution in [0.15, 0.2) is 48.8 Å². The number of carbonyl (C=O) groups is 2. The second-order valence-electron chi connectivity index (χ2n) is 10.1. The van der Waals surface area contributed by atoms with Crippen molar-refractivity contribution in [3.8, 4) is 0 Å². The normalized spacial score (nSPS) is 17.1. The van der Waals surface area contributed by atoms with Crippen LogP contribution >= 0.6 is 0 Å². The minimum Gasteiger partial charge on any atom is -0.445 e. The molecule has 2 atom stereocenters. The summed E-state index contributed by atoms with van der Waals surface area (Å²) in [4.78, 5) is 29.5. The van der Waals surface area contributed by atoms with Crippen LogP contribution < -0.4 is 10.6 Å². The molecule has 0 aliphatic heterocycles. The number of amides is 2. The topological polar surface area (TPSA) is 97.6 Å². The van der Waals surface area contributed by atoms with Crippen LogP contribution in [0.25, 0.3) is 5.65 Å². The van der Waals surface area contributed by atoms with Gasteiger partial charge in [-0.05, 0) is 36.0 Å². The Morgan fingerprint density at radius 1 is 1.12 bits per heavy atom. The first-order chi connectivity index (χ1) is 19.8. The molecule has 2 aromatic heterocycles. The number of imidazole rings is 1. The highest BCUT2D eigenvalue weighted by atomic mass is 19.4. The number of benzene rings is 1. The van der Waals surface area contributed by atoms with Gasteiger partial charge < -0.3 is 15.4 Å². The van der Waals surface area contributed by atoms with Gasteiger partial charge >= 0.3 is 12.3 Å². The van der Waals surface area contributed by atoms with Crippen LogP contribution in [0.3, 0.4) is 0 Å². The molecule has 1 saturated carbocycles. The van der Waals surface area contributed by atoms with Crippen molar-refractivity contribution in [2.24, 2.45) is 5.92 Å². The Labute approximate surface area is 235 Å². The molecule has 0 spiro atoms. The summed E-state index contributed by atoms with van der Waals surface area (Å²) in [6.45, 7) is -1.73. The number of rotatable bonds is 10. The van der Waals surface area contributed by atoms with Crippen LogP contribution in [0.1, 0.15) is 60.9 Å². The molecule has 3 aromatic rings. The van der Waals surface area contributed by atoms with Gasteiger partial charge in [0.15, 0.2) is 5.65 Å². The molecule has 1 aliphatic rings. The summed E-state index contributed by atoms with van der Waals surface area (Å²) in [5, 5.41) is 8.38. The maximum atomic E-state index is 13.9. The molecule has 0 bridgehead atoms. The van der Waals surface area contributed by atoms with E-state index in [2.05, 4.69) is 15.4 Å². The van der Waals surface area contributed by atoms with E-state index in [9.17, 15) is 40.3 Å². The predicted octanol–water partition coefficient (Wildman–Crippen LogP) is 5.94. The van der Waals surface area contributed by atoms with Crippen molar-refractivity contribution in [2.75, 3.05) is 6.54 Å². The van der Waals surface area contributed by atoms with Crippen molar-refractivity contribution in [3.63, 3.8) is 0 Å². The number of carbonyl (C=O) groups excluding carboxylic acids is 2. The van der Waals surface area contributed by atoms with Crippen molar-refractivity contribution in [1.29, 1.82) is 0 Å². The van der Waals surface area contributed by atoms with Crippen LogP contribution in [0, 0.1) is 5.92 Å². The number of hydrogen-bond donors (Lipinski definition) is 2. The molecule has 42 heavy (non-hydrogen) atoms. The van der Waals surface area contributed by atoms with Crippen molar-refractivity contribution in [1.82, 2.24) is 25.2 Å². The van der Waals surface area contributed by atoms with Gasteiger partial charge in [-0.2, -0.15) is 18.3 Å². The zero-order valence-corrected chi connectivity index (χ0v) is 22.1. The second-order valence-corrected chi connectivity index (χ2v) is 10.1. The molecule has 8 nitrogen and oxygen atoms in total. The number of halogens is 7. The van der Waals surface area contributed by atoms with Gasteiger partial charge in [-0.15, -0.1) is 0 Å². The summed E-state index contributed by atoms with van der Waals surface area (Å²) in [5.74, 6) is -6.18. The molecular weight excluding hydrogens is 575 g/mol. The lowest BCUT2D eigenvalue weighted by Gasteiger charge is -2.33. The summed E-state index contributed by atoms with van der Waals surface area (Å²) in [5.41, 5.74) is 0.904. The van der Waals surface area contributed by atoms with Gasteiger partial charge in [0.05, 0.1) is 30.0 Å². The van der Waals surface area contributed by atoms with Gasteiger partial charge in [0.1, 0.15) is 13.2 Å². The third-order valence-corrected chi connectivity index (χ3v) is 6.99. The van der Waals surface area contributed by atoms with E-state index in [4.69, 9.17) is 4.74 Å². The zero-order chi connectivity index (χ0) is 30.5. The Kier molecular flexibility index (Phi) is 9.57. The fourth-order valence-electron chi connectivity index (χ4n) is 4.85. The number of hydrogen-bond acceptors (Lipinski definition) is 5. The predicted molar refractivity (Wildman–Crippen MR) is 135 cm³/mol. The number of ether oxygens (including phenoxy) is 1. The van der Waals surface area contributed by atoms with E-state index in [1.165, 1.54) is 16.8 Å².